The molecule has 11 heteroatoms. The summed E-state index contributed by atoms with van der Waals surface area (Å²) in [6.07, 6.45) is 4.00. The highest BCUT2D eigenvalue weighted by Crippen LogP contribution is 2.42. The third-order valence-electron chi connectivity index (χ3n) is 5.72. The second-order valence-corrected chi connectivity index (χ2v) is 11.0. The minimum absolute atomic E-state index is 0.224. The van der Waals surface area contributed by atoms with Crippen molar-refractivity contribution in [3.05, 3.63) is 89.8 Å². The molecule has 1 heterocycles. The Morgan fingerprint density at radius 1 is 1.10 bits per heavy atom. The Labute approximate surface area is 250 Å². The first-order valence-corrected chi connectivity index (χ1v) is 14.5. The molecule has 1 N–H and O–H groups in total. The van der Waals surface area contributed by atoms with Crippen molar-refractivity contribution in [2.24, 2.45) is 5.10 Å². The monoisotopic (exact) mass is 718 g/mol. The molecule has 1 amide bonds. The largest absolute Gasteiger partial charge is 0.493 e. The van der Waals surface area contributed by atoms with E-state index in [0.29, 0.717) is 54.8 Å². The van der Waals surface area contributed by atoms with E-state index in [2.05, 4.69) is 65.1 Å². The standard InChI is InChI=1S/C28H25Br3N4O4/c1-3-4-10-23-34-21-12-11-18(29)14-20(21)28(37)35(23)32-15-17-13-22(38-2)27(26(31)25(17)30)39-16-24(36)33-19-8-6-5-7-9-19/h5-9,11-15H,3-4,10,16H2,1-2H3,(H,33,36). The van der Waals surface area contributed by atoms with Crippen molar-refractivity contribution in [3.8, 4) is 11.5 Å². The van der Waals surface area contributed by atoms with E-state index in [4.69, 9.17) is 14.5 Å². The Morgan fingerprint density at radius 2 is 1.87 bits per heavy atom. The van der Waals surface area contributed by atoms with Crippen molar-refractivity contribution >= 4 is 76.5 Å². The number of nitrogens with zero attached hydrogens (tertiary/aromatic N) is 3. The van der Waals surface area contributed by atoms with Crippen LogP contribution in [0.5, 0.6) is 11.5 Å². The average molecular weight is 721 g/mol. The lowest BCUT2D eigenvalue weighted by molar-refractivity contribution is -0.118. The van der Waals surface area contributed by atoms with Crippen molar-refractivity contribution in [2.45, 2.75) is 26.2 Å². The molecule has 0 fully saturated rings. The number of methoxy groups -OCH3 is 1. The van der Waals surface area contributed by atoms with E-state index in [1.54, 1.807) is 30.5 Å². The Hall–Kier alpha value is -3.02. The van der Waals surface area contributed by atoms with E-state index in [9.17, 15) is 9.59 Å². The van der Waals surface area contributed by atoms with Crippen LogP contribution in [0, 0.1) is 0 Å². The molecule has 0 spiro atoms. The zero-order valence-electron chi connectivity index (χ0n) is 21.2. The number of carbonyl (C=O) groups excluding carboxylic acids is 1. The second kappa shape index (κ2) is 13.4. The number of para-hydroxylation sites is 1. The number of amides is 1. The number of aryl methyl sites for hydroxylation is 1. The maximum absolute atomic E-state index is 13.4. The lowest BCUT2D eigenvalue weighted by atomic mass is 10.2. The van der Waals surface area contributed by atoms with Gasteiger partial charge in [0.05, 0.1) is 28.7 Å². The molecule has 4 aromatic rings. The Bertz CT molecular complexity index is 1590. The number of fused-ring (bicyclic) bond motifs is 1. The van der Waals surface area contributed by atoms with Crippen LogP contribution in [0.1, 0.15) is 31.2 Å². The normalized spacial score (nSPS) is 11.2. The topological polar surface area (TPSA) is 94.8 Å². The van der Waals surface area contributed by atoms with Crippen LogP contribution < -0.4 is 20.3 Å². The van der Waals surface area contributed by atoms with Crippen LogP contribution in [0.15, 0.2) is 77.9 Å². The van der Waals surface area contributed by atoms with Crippen LogP contribution in [0.2, 0.25) is 0 Å². The van der Waals surface area contributed by atoms with E-state index >= 15 is 0 Å². The van der Waals surface area contributed by atoms with Crippen molar-refractivity contribution in [1.82, 2.24) is 9.66 Å². The number of unbranched alkanes of at least 4 members (excludes halogenated alkanes) is 1. The highest BCUT2D eigenvalue weighted by Gasteiger charge is 2.18. The Balaban J connectivity index is 1.64. The highest BCUT2D eigenvalue weighted by molar-refractivity contribution is 9.13. The summed E-state index contributed by atoms with van der Waals surface area (Å²) in [7, 11) is 1.51. The maximum Gasteiger partial charge on any atom is 0.282 e. The van der Waals surface area contributed by atoms with Gasteiger partial charge in [-0.05, 0) is 74.7 Å². The molecule has 0 unspecified atom stereocenters. The average Bonchev–Trinajstić information content (AvgIpc) is 2.93. The number of hydrogen-bond donors (Lipinski definition) is 1. The number of carbonyl (C=O) groups is 1. The van der Waals surface area contributed by atoms with Gasteiger partial charge in [0.1, 0.15) is 5.82 Å². The van der Waals surface area contributed by atoms with E-state index in [0.717, 1.165) is 17.3 Å². The molecule has 0 aliphatic heterocycles. The van der Waals surface area contributed by atoms with Gasteiger partial charge in [0.2, 0.25) is 0 Å². The number of rotatable bonds is 10. The summed E-state index contributed by atoms with van der Waals surface area (Å²) in [4.78, 5) is 30.5. The maximum atomic E-state index is 13.4. The molecular formula is C28H25Br3N4O4. The summed E-state index contributed by atoms with van der Waals surface area (Å²) in [5, 5.41) is 7.78. The molecule has 8 nitrogen and oxygen atoms in total. The second-order valence-electron chi connectivity index (χ2n) is 8.48. The number of nitrogens with one attached hydrogen (secondary N) is 1. The van der Waals surface area contributed by atoms with Crippen molar-refractivity contribution in [1.29, 1.82) is 0 Å². The van der Waals surface area contributed by atoms with Gasteiger partial charge in [0.15, 0.2) is 18.1 Å². The first kappa shape index (κ1) is 29.0. The molecule has 3 aromatic carbocycles. The van der Waals surface area contributed by atoms with E-state index in [1.807, 2.05) is 30.3 Å². The summed E-state index contributed by atoms with van der Waals surface area (Å²) in [6, 6.07) is 16.3. The first-order chi connectivity index (χ1) is 18.8. The summed E-state index contributed by atoms with van der Waals surface area (Å²) < 4.78 is 14.6. The fourth-order valence-electron chi connectivity index (χ4n) is 3.77. The van der Waals surface area contributed by atoms with Crippen LogP contribution in [-0.4, -0.2) is 35.5 Å². The van der Waals surface area contributed by atoms with Gasteiger partial charge in [-0.25, -0.2) is 4.98 Å². The summed E-state index contributed by atoms with van der Waals surface area (Å²) >= 11 is 10.5. The molecule has 0 radical (unpaired) electrons. The highest BCUT2D eigenvalue weighted by atomic mass is 79.9. The molecule has 4 rings (SSSR count). The van der Waals surface area contributed by atoms with Crippen molar-refractivity contribution in [3.63, 3.8) is 0 Å². The molecule has 0 saturated carbocycles. The summed E-state index contributed by atoms with van der Waals surface area (Å²) in [5.41, 5.74) is 1.68. The fraction of sp³-hybridized carbons (Fsp3) is 0.214. The SMILES string of the molecule is CCCCc1nc2ccc(Br)cc2c(=O)n1N=Cc1cc(OC)c(OCC(=O)Nc2ccccc2)c(Br)c1Br. The zero-order chi connectivity index (χ0) is 27.9. The van der Waals surface area contributed by atoms with Crippen LogP contribution in [0.3, 0.4) is 0 Å². The van der Waals surface area contributed by atoms with Gasteiger partial charge in [-0.2, -0.15) is 9.78 Å². The molecular weight excluding hydrogens is 696 g/mol. The van der Waals surface area contributed by atoms with Gasteiger partial charge < -0.3 is 14.8 Å². The molecule has 0 bridgehead atoms. The van der Waals surface area contributed by atoms with Gasteiger partial charge in [0, 0.05) is 26.6 Å². The molecule has 0 aliphatic rings. The van der Waals surface area contributed by atoms with Gasteiger partial charge in [-0.3, -0.25) is 9.59 Å². The van der Waals surface area contributed by atoms with Gasteiger partial charge in [0.25, 0.3) is 11.5 Å². The zero-order valence-corrected chi connectivity index (χ0v) is 26.0. The molecule has 1 aromatic heterocycles. The van der Waals surface area contributed by atoms with E-state index in [-0.39, 0.29) is 18.1 Å². The van der Waals surface area contributed by atoms with E-state index in [1.165, 1.54) is 11.8 Å². The summed E-state index contributed by atoms with van der Waals surface area (Å²) in [6.45, 7) is 1.86. The van der Waals surface area contributed by atoms with Crippen LogP contribution in [0.25, 0.3) is 10.9 Å². The van der Waals surface area contributed by atoms with Crippen molar-refractivity contribution in [2.75, 3.05) is 19.0 Å². The number of anilines is 1. The number of benzene rings is 3. The molecule has 0 aliphatic carbocycles. The van der Waals surface area contributed by atoms with Crippen LogP contribution in [0.4, 0.5) is 5.69 Å². The van der Waals surface area contributed by atoms with E-state index < -0.39 is 0 Å². The first-order valence-electron chi connectivity index (χ1n) is 12.1. The number of aromatic nitrogens is 2. The Kier molecular flexibility index (Phi) is 9.93. The fourth-order valence-corrected chi connectivity index (χ4v) is 5.07. The number of halogens is 3. The van der Waals surface area contributed by atoms with Gasteiger partial charge in [-0.1, -0.05) is 47.5 Å². The third kappa shape index (κ3) is 6.95. The van der Waals surface area contributed by atoms with Gasteiger partial charge in [-0.15, -0.1) is 0 Å². The number of ether oxygens (including phenoxy) is 2. The Morgan fingerprint density at radius 3 is 2.59 bits per heavy atom. The summed E-state index contributed by atoms with van der Waals surface area (Å²) in [5.74, 6) is 1.01. The lowest BCUT2D eigenvalue weighted by Gasteiger charge is -2.15. The molecule has 0 atom stereocenters. The smallest absolute Gasteiger partial charge is 0.282 e. The quantitative estimate of drug-likeness (QED) is 0.179. The predicted octanol–water partition coefficient (Wildman–Crippen LogP) is 6.93. The molecule has 39 heavy (non-hydrogen) atoms. The van der Waals surface area contributed by atoms with Crippen molar-refractivity contribution < 1.29 is 14.3 Å². The minimum Gasteiger partial charge on any atom is -0.493 e. The lowest BCUT2D eigenvalue weighted by Crippen LogP contribution is -2.22. The van der Waals surface area contributed by atoms with Crippen LogP contribution >= 0.6 is 47.8 Å². The third-order valence-corrected chi connectivity index (χ3v) is 8.36. The number of hydrogen-bond acceptors (Lipinski definition) is 6. The molecule has 0 saturated heterocycles. The predicted molar refractivity (Wildman–Crippen MR) is 164 cm³/mol. The van der Waals surface area contributed by atoms with Gasteiger partial charge >= 0.3 is 0 Å². The molecule has 202 valence electrons. The minimum atomic E-state index is -0.314. The van der Waals surface area contributed by atoms with Crippen LogP contribution in [-0.2, 0) is 11.2 Å².